The molecule has 4 heterocycles. The molecule has 4 aromatic rings. The molecule has 0 atom stereocenters. The Kier molecular flexibility index (Phi) is 4.93. The van der Waals surface area contributed by atoms with E-state index in [2.05, 4.69) is 16.0 Å². The maximum Gasteiger partial charge on any atom is 0.191 e. The Hall–Kier alpha value is -2.51. The van der Waals surface area contributed by atoms with E-state index in [0.29, 0.717) is 5.82 Å². The van der Waals surface area contributed by atoms with Gasteiger partial charge in [-0.25, -0.2) is 9.97 Å². The number of para-hydroxylation sites is 1. The van der Waals surface area contributed by atoms with Crippen LogP contribution in [0, 0.1) is 0 Å². The summed E-state index contributed by atoms with van der Waals surface area (Å²) in [6.45, 7) is 3.53. The topological polar surface area (TPSA) is 59.2 Å². The molecule has 0 spiro atoms. The number of rotatable bonds is 5. The first kappa shape index (κ1) is 17.6. The average molecular weight is 391 g/mol. The molecule has 0 N–H and O–H groups in total. The van der Waals surface area contributed by atoms with E-state index in [9.17, 15) is 0 Å². The van der Waals surface area contributed by atoms with Crippen molar-refractivity contribution in [2.75, 3.05) is 25.4 Å². The second-order valence-electron chi connectivity index (χ2n) is 7.07. The molecule has 0 saturated carbocycles. The van der Waals surface area contributed by atoms with Crippen molar-refractivity contribution in [2.24, 2.45) is 0 Å². The molecular weight excluding hydrogens is 368 g/mol. The highest BCUT2D eigenvalue weighted by molar-refractivity contribution is 7.99. The molecule has 0 radical (unpaired) electrons. The summed E-state index contributed by atoms with van der Waals surface area (Å²) in [4.78, 5) is 16.4. The van der Waals surface area contributed by atoms with Gasteiger partial charge in [0.15, 0.2) is 16.6 Å². The molecule has 5 rings (SSSR count). The average Bonchev–Trinajstić information content (AvgIpc) is 3.21. The maximum absolute atomic E-state index is 4.89. The molecule has 6 nitrogen and oxygen atoms in total. The van der Waals surface area contributed by atoms with Gasteiger partial charge in [0.25, 0.3) is 0 Å². The standard InChI is InChI=1S/C21H22N6S/c1-4-12-26(13-5-1)14-15-28-21-23-18-7-3-2-6-17(18)20-24-19(25-27(20)21)16-8-10-22-11-9-16/h2-3,6-11H,1,4-5,12-15H2. The fourth-order valence-electron chi connectivity index (χ4n) is 3.70. The van der Waals surface area contributed by atoms with Crippen LogP contribution in [-0.4, -0.2) is 54.9 Å². The van der Waals surface area contributed by atoms with Crippen LogP contribution in [-0.2, 0) is 0 Å². The molecule has 0 bridgehead atoms. The van der Waals surface area contributed by atoms with E-state index in [0.717, 1.165) is 39.6 Å². The highest BCUT2D eigenvalue weighted by Gasteiger charge is 2.16. The van der Waals surface area contributed by atoms with E-state index in [4.69, 9.17) is 15.1 Å². The number of pyridine rings is 1. The number of piperidine rings is 1. The first-order valence-corrected chi connectivity index (χ1v) is 10.8. The van der Waals surface area contributed by atoms with Crippen molar-refractivity contribution < 1.29 is 0 Å². The third-order valence-corrected chi connectivity index (χ3v) is 6.08. The summed E-state index contributed by atoms with van der Waals surface area (Å²) in [5, 5.41) is 6.70. The summed E-state index contributed by atoms with van der Waals surface area (Å²) in [6.07, 6.45) is 7.55. The van der Waals surface area contributed by atoms with E-state index < -0.39 is 0 Å². The van der Waals surface area contributed by atoms with E-state index >= 15 is 0 Å². The van der Waals surface area contributed by atoms with Crippen LogP contribution in [0.2, 0.25) is 0 Å². The Morgan fingerprint density at radius 1 is 0.929 bits per heavy atom. The molecule has 0 aliphatic carbocycles. The van der Waals surface area contributed by atoms with E-state index in [1.807, 2.05) is 34.8 Å². The van der Waals surface area contributed by atoms with Gasteiger partial charge in [-0.2, -0.15) is 4.52 Å². The lowest BCUT2D eigenvalue weighted by Gasteiger charge is -2.25. The number of nitrogens with zero attached hydrogens (tertiary/aromatic N) is 6. The fraction of sp³-hybridized carbons (Fsp3) is 0.333. The number of hydrogen-bond acceptors (Lipinski definition) is 6. The van der Waals surface area contributed by atoms with Crippen LogP contribution in [0.1, 0.15) is 19.3 Å². The van der Waals surface area contributed by atoms with E-state index in [1.165, 1.54) is 32.4 Å². The third-order valence-electron chi connectivity index (χ3n) is 5.18. The van der Waals surface area contributed by atoms with Crippen molar-refractivity contribution in [1.29, 1.82) is 0 Å². The largest absolute Gasteiger partial charge is 0.303 e. The maximum atomic E-state index is 4.89. The zero-order valence-electron chi connectivity index (χ0n) is 15.7. The summed E-state index contributed by atoms with van der Waals surface area (Å²) < 4.78 is 1.90. The normalized spacial score (nSPS) is 15.4. The van der Waals surface area contributed by atoms with Crippen LogP contribution in [0.15, 0.2) is 53.9 Å². The first-order valence-electron chi connectivity index (χ1n) is 9.79. The van der Waals surface area contributed by atoms with Gasteiger partial charge in [0.05, 0.1) is 5.52 Å². The summed E-state index contributed by atoms with van der Waals surface area (Å²) in [6, 6.07) is 12.0. The molecule has 1 aliphatic heterocycles. The molecule has 7 heteroatoms. The highest BCUT2D eigenvalue weighted by atomic mass is 32.2. The number of fused-ring (bicyclic) bond motifs is 3. The van der Waals surface area contributed by atoms with Crippen LogP contribution in [0.25, 0.3) is 27.9 Å². The molecule has 28 heavy (non-hydrogen) atoms. The molecule has 0 unspecified atom stereocenters. The lowest BCUT2D eigenvalue weighted by atomic mass is 10.1. The van der Waals surface area contributed by atoms with Gasteiger partial charge in [0.1, 0.15) is 0 Å². The molecule has 1 aromatic carbocycles. The predicted molar refractivity (Wildman–Crippen MR) is 113 cm³/mol. The van der Waals surface area contributed by atoms with Crippen molar-refractivity contribution in [3.05, 3.63) is 48.8 Å². The lowest BCUT2D eigenvalue weighted by Crippen LogP contribution is -2.31. The molecule has 3 aromatic heterocycles. The van der Waals surface area contributed by atoms with Crippen molar-refractivity contribution in [1.82, 2.24) is 29.5 Å². The van der Waals surface area contributed by atoms with E-state index in [-0.39, 0.29) is 0 Å². The van der Waals surface area contributed by atoms with Crippen LogP contribution >= 0.6 is 11.8 Å². The number of aromatic nitrogens is 5. The molecule has 142 valence electrons. The number of hydrogen-bond donors (Lipinski definition) is 0. The fourth-order valence-corrected chi connectivity index (χ4v) is 4.64. The zero-order valence-corrected chi connectivity index (χ0v) is 16.5. The summed E-state index contributed by atoms with van der Waals surface area (Å²) >= 11 is 1.76. The summed E-state index contributed by atoms with van der Waals surface area (Å²) in [5.41, 5.74) is 2.79. The SMILES string of the molecule is c1ccc2c(c1)nc(SCCN1CCCCC1)n1nc(-c3ccncc3)nc21. The molecule has 1 aliphatic rings. The minimum Gasteiger partial charge on any atom is -0.303 e. The van der Waals surface area contributed by atoms with E-state index in [1.54, 1.807) is 24.2 Å². The highest BCUT2D eigenvalue weighted by Crippen LogP contribution is 2.26. The molecule has 0 amide bonds. The van der Waals surface area contributed by atoms with Gasteiger partial charge in [-0.3, -0.25) is 4.98 Å². The molecule has 1 fully saturated rings. The Labute approximate surface area is 168 Å². The van der Waals surface area contributed by atoms with Gasteiger partial charge in [0, 0.05) is 35.6 Å². The van der Waals surface area contributed by atoms with Crippen molar-refractivity contribution in [3.63, 3.8) is 0 Å². The monoisotopic (exact) mass is 390 g/mol. The Bertz CT molecular complexity index is 1090. The van der Waals surface area contributed by atoms with Gasteiger partial charge in [-0.1, -0.05) is 30.3 Å². The van der Waals surface area contributed by atoms with Crippen LogP contribution < -0.4 is 0 Å². The Morgan fingerprint density at radius 2 is 1.75 bits per heavy atom. The van der Waals surface area contributed by atoms with Crippen LogP contribution in [0.3, 0.4) is 0 Å². The van der Waals surface area contributed by atoms with Crippen LogP contribution in [0.5, 0.6) is 0 Å². The second-order valence-corrected chi connectivity index (χ2v) is 8.13. The second kappa shape index (κ2) is 7.85. The van der Waals surface area contributed by atoms with Crippen molar-refractivity contribution in [3.8, 4) is 11.4 Å². The summed E-state index contributed by atoms with van der Waals surface area (Å²) in [7, 11) is 0. The lowest BCUT2D eigenvalue weighted by molar-refractivity contribution is 0.242. The van der Waals surface area contributed by atoms with Gasteiger partial charge in [-0.15, -0.1) is 5.10 Å². The minimum atomic E-state index is 0.707. The molecular formula is C21H22N6S. The van der Waals surface area contributed by atoms with Crippen molar-refractivity contribution in [2.45, 2.75) is 24.4 Å². The zero-order chi connectivity index (χ0) is 18.8. The number of benzene rings is 1. The van der Waals surface area contributed by atoms with Gasteiger partial charge < -0.3 is 4.90 Å². The smallest absolute Gasteiger partial charge is 0.191 e. The number of thioether (sulfide) groups is 1. The number of likely N-dealkylation sites (tertiary alicyclic amines) is 1. The Balaban J connectivity index is 1.50. The quantitative estimate of drug-likeness (QED) is 0.380. The van der Waals surface area contributed by atoms with Gasteiger partial charge in [0.2, 0.25) is 0 Å². The third kappa shape index (κ3) is 3.47. The van der Waals surface area contributed by atoms with Gasteiger partial charge >= 0.3 is 0 Å². The van der Waals surface area contributed by atoms with Gasteiger partial charge in [-0.05, 0) is 50.2 Å². The summed E-state index contributed by atoms with van der Waals surface area (Å²) in [5.74, 6) is 1.71. The minimum absolute atomic E-state index is 0.707. The Morgan fingerprint density at radius 3 is 2.61 bits per heavy atom. The van der Waals surface area contributed by atoms with Crippen molar-refractivity contribution >= 4 is 28.3 Å². The van der Waals surface area contributed by atoms with Crippen LogP contribution in [0.4, 0.5) is 0 Å². The first-order chi connectivity index (χ1) is 13.9. The predicted octanol–water partition coefficient (Wildman–Crippen LogP) is 3.92. The molecule has 1 saturated heterocycles.